The van der Waals surface area contributed by atoms with E-state index in [1.807, 2.05) is 0 Å². The fourth-order valence-electron chi connectivity index (χ4n) is 1.55. The van der Waals surface area contributed by atoms with E-state index in [2.05, 4.69) is 32.5 Å². The van der Waals surface area contributed by atoms with Crippen LogP contribution < -0.4 is 0 Å². The molecule has 0 aliphatic rings. The molecule has 1 atom stereocenters. The molecular formula is C13H26S. The Morgan fingerprint density at radius 1 is 1.00 bits per heavy atom. The van der Waals surface area contributed by atoms with Crippen LogP contribution in [0.15, 0.2) is 0 Å². The summed E-state index contributed by atoms with van der Waals surface area (Å²) in [6.07, 6.45) is 10.2. The first-order chi connectivity index (χ1) is 6.85. The molecule has 0 spiro atoms. The van der Waals surface area contributed by atoms with Crippen LogP contribution in [0.5, 0.6) is 0 Å². The van der Waals surface area contributed by atoms with E-state index in [1.54, 1.807) is 0 Å². The summed E-state index contributed by atoms with van der Waals surface area (Å²) in [5, 5.41) is 0.872. The number of hydrogen-bond donors (Lipinski definition) is 0. The minimum absolute atomic E-state index is 0.872. The predicted octanol–water partition coefficient (Wildman–Crippen LogP) is 4.90. The van der Waals surface area contributed by atoms with Gasteiger partial charge >= 0.3 is 0 Å². The average Bonchev–Trinajstić information content (AvgIpc) is 2.20. The van der Waals surface area contributed by atoms with Crippen LogP contribution >= 0.6 is 11.8 Å². The van der Waals surface area contributed by atoms with Crippen LogP contribution in [0, 0.1) is 13.8 Å². The van der Waals surface area contributed by atoms with Gasteiger partial charge in [0.25, 0.3) is 0 Å². The highest BCUT2D eigenvalue weighted by molar-refractivity contribution is 7.99. The lowest BCUT2D eigenvalue weighted by molar-refractivity contribution is 0.609. The van der Waals surface area contributed by atoms with Crippen LogP contribution in [0.1, 0.15) is 58.3 Å². The van der Waals surface area contributed by atoms with Gasteiger partial charge in [0.15, 0.2) is 0 Å². The molecule has 1 heteroatoms. The fourth-order valence-corrected chi connectivity index (χ4v) is 2.78. The second kappa shape index (κ2) is 11.4. The topological polar surface area (TPSA) is 0 Å². The minimum atomic E-state index is 0.872. The van der Waals surface area contributed by atoms with E-state index in [1.165, 1.54) is 44.3 Å². The van der Waals surface area contributed by atoms with Crippen molar-refractivity contribution in [2.75, 3.05) is 5.75 Å². The predicted molar refractivity (Wildman–Crippen MR) is 69.6 cm³/mol. The van der Waals surface area contributed by atoms with Crippen molar-refractivity contribution in [2.45, 2.75) is 63.5 Å². The molecule has 0 saturated carbocycles. The summed E-state index contributed by atoms with van der Waals surface area (Å²) < 4.78 is 0. The van der Waals surface area contributed by atoms with Gasteiger partial charge in [-0.1, -0.05) is 52.9 Å². The van der Waals surface area contributed by atoms with Gasteiger partial charge in [-0.15, -0.1) is 0 Å². The summed E-state index contributed by atoms with van der Waals surface area (Å²) in [4.78, 5) is 0. The molecule has 0 amide bonds. The molecule has 0 N–H and O–H groups in total. The van der Waals surface area contributed by atoms with Crippen molar-refractivity contribution in [3.63, 3.8) is 0 Å². The number of unbranched alkanes of at least 4 members (excludes halogenated alkanes) is 3. The molecule has 0 aromatic heterocycles. The molecule has 14 heavy (non-hydrogen) atoms. The maximum absolute atomic E-state index is 3.95. The van der Waals surface area contributed by atoms with E-state index >= 15 is 0 Å². The van der Waals surface area contributed by atoms with Gasteiger partial charge in [0.2, 0.25) is 0 Å². The van der Waals surface area contributed by atoms with Crippen molar-refractivity contribution in [3.8, 4) is 0 Å². The molecular weight excluding hydrogens is 188 g/mol. The molecule has 84 valence electrons. The van der Waals surface area contributed by atoms with Gasteiger partial charge < -0.3 is 0 Å². The SMILES string of the molecule is [CH2]CCCCCC(CC[CH2])SCCC. The fraction of sp³-hybridized carbons (Fsp3) is 0.846. The number of rotatable bonds is 10. The Morgan fingerprint density at radius 2 is 1.79 bits per heavy atom. The zero-order chi connectivity index (χ0) is 10.6. The summed E-state index contributed by atoms with van der Waals surface area (Å²) in [5.41, 5.74) is 0. The van der Waals surface area contributed by atoms with Crippen LogP contribution in [0.2, 0.25) is 0 Å². The molecule has 0 aromatic rings. The lowest BCUT2D eigenvalue weighted by atomic mass is 10.1. The monoisotopic (exact) mass is 214 g/mol. The van der Waals surface area contributed by atoms with Crippen molar-refractivity contribution in [1.29, 1.82) is 0 Å². The third-order valence-corrected chi connectivity index (χ3v) is 3.95. The third-order valence-electron chi connectivity index (χ3n) is 2.36. The largest absolute Gasteiger partial charge is 0.159 e. The van der Waals surface area contributed by atoms with Gasteiger partial charge in [0.05, 0.1) is 0 Å². The first kappa shape index (κ1) is 14.3. The molecule has 0 heterocycles. The van der Waals surface area contributed by atoms with Gasteiger partial charge in [0.1, 0.15) is 0 Å². The molecule has 0 aliphatic carbocycles. The summed E-state index contributed by atoms with van der Waals surface area (Å²) >= 11 is 2.15. The van der Waals surface area contributed by atoms with Gasteiger partial charge in [-0.2, -0.15) is 11.8 Å². The van der Waals surface area contributed by atoms with E-state index in [0.717, 1.165) is 18.1 Å². The second-order valence-electron chi connectivity index (χ2n) is 3.84. The Bertz CT molecular complexity index is 101. The first-order valence-corrected chi connectivity index (χ1v) is 7.10. The van der Waals surface area contributed by atoms with Crippen LogP contribution in [0.25, 0.3) is 0 Å². The maximum Gasteiger partial charge on any atom is 0.00470 e. The van der Waals surface area contributed by atoms with E-state index in [-0.39, 0.29) is 0 Å². The minimum Gasteiger partial charge on any atom is -0.159 e. The number of hydrogen-bond acceptors (Lipinski definition) is 1. The molecule has 0 aliphatic heterocycles. The van der Waals surface area contributed by atoms with Crippen molar-refractivity contribution in [1.82, 2.24) is 0 Å². The highest BCUT2D eigenvalue weighted by Crippen LogP contribution is 2.23. The van der Waals surface area contributed by atoms with Crippen molar-refractivity contribution in [2.24, 2.45) is 0 Å². The van der Waals surface area contributed by atoms with Crippen molar-refractivity contribution < 1.29 is 0 Å². The lowest BCUT2D eigenvalue weighted by Crippen LogP contribution is -2.03. The van der Waals surface area contributed by atoms with E-state index in [4.69, 9.17) is 0 Å². The lowest BCUT2D eigenvalue weighted by Gasteiger charge is -2.14. The zero-order valence-electron chi connectivity index (χ0n) is 9.76. The second-order valence-corrected chi connectivity index (χ2v) is 5.25. The molecule has 0 fully saturated rings. The van der Waals surface area contributed by atoms with E-state index in [0.29, 0.717) is 0 Å². The number of thioether (sulfide) groups is 1. The smallest absolute Gasteiger partial charge is 0.00470 e. The Hall–Kier alpha value is 0.350. The molecule has 0 rings (SSSR count). The molecule has 0 nitrogen and oxygen atoms in total. The first-order valence-electron chi connectivity index (χ1n) is 6.05. The molecule has 0 saturated heterocycles. The molecule has 1 unspecified atom stereocenters. The molecule has 2 radical (unpaired) electrons. The zero-order valence-corrected chi connectivity index (χ0v) is 10.6. The van der Waals surface area contributed by atoms with E-state index in [9.17, 15) is 0 Å². The molecule has 0 bridgehead atoms. The van der Waals surface area contributed by atoms with Gasteiger partial charge in [-0.3, -0.25) is 0 Å². The Balaban J connectivity index is 3.40. The van der Waals surface area contributed by atoms with Gasteiger partial charge in [-0.05, 0) is 25.0 Å². The standard InChI is InChI=1S/C13H26S/c1-4-7-8-9-11-13(10-5-2)14-12-6-3/h13H,1-2,4-12H2,3H3. The van der Waals surface area contributed by atoms with Crippen LogP contribution in [-0.2, 0) is 0 Å². The van der Waals surface area contributed by atoms with Crippen molar-refractivity contribution >= 4 is 11.8 Å². The quantitative estimate of drug-likeness (QED) is 0.466. The maximum atomic E-state index is 3.95. The van der Waals surface area contributed by atoms with Crippen LogP contribution in [0.4, 0.5) is 0 Å². The third kappa shape index (κ3) is 8.93. The van der Waals surface area contributed by atoms with Gasteiger partial charge in [0, 0.05) is 5.25 Å². The Kier molecular flexibility index (Phi) is 11.7. The highest BCUT2D eigenvalue weighted by atomic mass is 32.2. The van der Waals surface area contributed by atoms with Crippen molar-refractivity contribution in [3.05, 3.63) is 13.8 Å². The Labute approximate surface area is 95.2 Å². The average molecular weight is 214 g/mol. The summed E-state index contributed by atoms with van der Waals surface area (Å²) in [7, 11) is 0. The summed E-state index contributed by atoms with van der Waals surface area (Å²) in [5.74, 6) is 1.32. The van der Waals surface area contributed by atoms with Gasteiger partial charge in [-0.25, -0.2) is 0 Å². The van der Waals surface area contributed by atoms with Crippen LogP contribution in [-0.4, -0.2) is 11.0 Å². The Morgan fingerprint density at radius 3 is 2.36 bits per heavy atom. The normalized spacial score (nSPS) is 13.1. The van der Waals surface area contributed by atoms with Crippen LogP contribution in [0.3, 0.4) is 0 Å². The molecule has 0 aromatic carbocycles. The highest BCUT2D eigenvalue weighted by Gasteiger charge is 2.06. The van der Waals surface area contributed by atoms with E-state index < -0.39 is 0 Å². The summed E-state index contributed by atoms with van der Waals surface area (Å²) in [6, 6.07) is 0. The summed E-state index contributed by atoms with van der Waals surface area (Å²) in [6.45, 7) is 10.1.